The van der Waals surface area contributed by atoms with E-state index in [9.17, 15) is 5.11 Å². The fraction of sp³-hybridized carbons (Fsp3) is 0.700. The molecule has 0 unspecified atom stereocenters. The molecule has 3 heteroatoms. The molecule has 23 heavy (non-hydrogen) atoms. The second-order valence-corrected chi connectivity index (χ2v) is 8.24. The molecule has 0 aromatic heterocycles. The Hall–Kier alpha value is -0.900. The Morgan fingerprint density at radius 2 is 1.65 bits per heavy atom. The van der Waals surface area contributed by atoms with Gasteiger partial charge in [-0.25, -0.2) is 0 Å². The fourth-order valence-corrected chi connectivity index (χ4v) is 3.80. The van der Waals surface area contributed by atoms with Crippen molar-refractivity contribution in [3.8, 4) is 0 Å². The summed E-state index contributed by atoms with van der Waals surface area (Å²) in [5.41, 5.74) is 2.68. The molecule has 1 aromatic carbocycles. The van der Waals surface area contributed by atoms with E-state index in [2.05, 4.69) is 63.8 Å². The van der Waals surface area contributed by atoms with Crippen LogP contribution in [0, 0.1) is 6.92 Å². The van der Waals surface area contributed by atoms with Gasteiger partial charge >= 0.3 is 0 Å². The summed E-state index contributed by atoms with van der Waals surface area (Å²) in [6, 6.07) is 8.35. The monoisotopic (exact) mass is 319 g/mol. The first-order valence-corrected chi connectivity index (χ1v) is 8.80. The van der Waals surface area contributed by atoms with Crippen LogP contribution in [0.15, 0.2) is 24.3 Å². The van der Waals surface area contributed by atoms with Gasteiger partial charge in [-0.3, -0.25) is 4.90 Å². The Balaban J connectivity index is 1.83. The highest BCUT2D eigenvalue weighted by molar-refractivity contribution is 5.20. The lowest BCUT2D eigenvalue weighted by Gasteiger charge is -2.53. The lowest BCUT2D eigenvalue weighted by molar-refractivity contribution is -0.0714. The van der Waals surface area contributed by atoms with Crippen LogP contribution in [0.2, 0.25) is 0 Å². The maximum atomic E-state index is 10.4. The van der Waals surface area contributed by atoms with Crippen LogP contribution in [-0.4, -0.2) is 40.3 Å². The van der Waals surface area contributed by atoms with Crippen molar-refractivity contribution in [1.29, 1.82) is 0 Å². The molecule has 2 rings (SSSR count). The highest BCUT2D eigenvalue weighted by Gasteiger charge is 2.41. The Labute approximate surface area is 141 Å². The molecule has 1 fully saturated rings. The fourth-order valence-electron chi connectivity index (χ4n) is 3.80. The van der Waals surface area contributed by atoms with Crippen molar-refractivity contribution >= 4 is 0 Å². The maximum Gasteiger partial charge on any atom is 0.0900 e. The van der Waals surface area contributed by atoms with Crippen LogP contribution in [0.4, 0.5) is 0 Å². The van der Waals surface area contributed by atoms with Gasteiger partial charge in [-0.2, -0.15) is 0 Å². The van der Waals surface area contributed by atoms with Gasteiger partial charge in [-0.1, -0.05) is 29.8 Å². The van der Waals surface area contributed by atoms with Gasteiger partial charge in [0.1, 0.15) is 0 Å². The zero-order valence-corrected chi connectivity index (χ0v) is 15.4. The van der Waals surface area contributed by atoms with Crippen molar-refractivity contribution in [2.24, 2.45) is 0 Å². The van der Waals surface area contributed by atoms with Crippen molar-refractivity contribution < 1.29 is 9.84 Å². The normalized spacial score (nSPS) is 22.0. The third-order valence-electron chi connectivity index (χ3n) is 5.13. The first-order valence-electron chi connectivity index (χ1n) is 8.80. The Bertz CT molecular complexity index is 477. The molecular formula is C20H33NO2. The quantitative estimate of drug-likeness (QED) is 0.863. The average molecular weight is 319 g/mol. The van der Waals surface area contributed by atoms with Crippen molar-refractivity contribution in [2.45, 2.75) is 77.7 Å². The number of aryl methyl sites for hydroxylation is 1. The van der Waals surface area contributed by atoms with Gasteiger partial charge in [0.15, 0.2) is 0 Å². The van der Waals surface area contributed by atoms with E-state index in [1.54, 1.807) is 0 Å². The molecule has 1 saturated heterocycles. The summed E-state index contributed by atoms with van der Waals surface area (Å²) >= 11 is 0. The first kappa shape index (κ1) is 18.4. The summed E-state index contributed by atoms with van der Waals surface area (Å²) in [6.07, 6.45) is 3.19. The first-order chi connectivity index (χ1) is 10.7. The predicted octanol–water partition coefficient (Wildman–Crippen LogP) is 3.92. The number of aliphatic hydroxyl groups is 1. The van der Waals surface area contributed by atoms with Gasteiger partial charge in [-0.15, -0.1) is 0 Å². The van der Waals surface area contributed by atoms with Gasteiger partial charge in [0.25, 0.3) is 0 Å². The van der Waals surface area contributed by atoms with Crippen LogP contribution in [0.3, 0.4) is 0 Å². The molecule has 1 aliphatic heterocycles. The van der Waals surface area contributed by atoms with Gasteiger partial charge in [0.05, 0.1) is 19.3 Å². The SMILES string of the molecule is Cc1ccc(COC[C@H](O)CN2C(C)(C)CCCC2(C)C)cc1. The topological polar surface area (TPSA) is 32.7 Å². The van der Waals surface area contributed by atoms with Crippen LogP contribution in [-0.2, 0) is 11.3 Å². The molecule has 0 radical (unpaired) electrons. The number of ether oxygens (including phenoxy) is 1. The molecule has 0 bridgehead atoms. The maximum absolute atomic E-state index is 10.4. The lowest BCUT2D eigenvalue weighted by Crippen LogP contribution is -2.60. The molecule has 0 saturated carbocycles. The summed E-state index contributed by atoms with van der Waals surface area (Å²) in [5, 5.41) is 10.4. The molecule has 1 aromatic rings. The van der Waals surface area contributed by atoms with Gasteiger partial charge in [0.2, 0.25) is 0 Å². The smallest absolute Gasteiger partial charge is 0.0900 e. The van der Waals surface area contributed by atoms with E-state index >= 15 is 0 Å². The number of piperidine rings is 1. The highest BCUT2D eigenvalue weighted by atomic mass is 16.5. The number of likely N-dealkylation sites (tertiary alicyclic amines) is 1. The van der Waals surface area contributed by atoms with E-state index in [-0.39, 0.29) is 11.1 Å². The van der Waals surface area contributed by atoms with E-state index in [0.29, 0.717) is 19.8 Å². The number of rotatable bonds is 6. The van der Waals surface area contributed by atoms with E-state index in [1.807, 2.05) is 0 Å². The van der Waals surface area contributed by atoms with Crippen LogP contribution in [0.1, 0.15) is 58.1 Å². The zero-order valence-electron chi connectivity index (χ0n) is 15.4. The Morgan fingerprint density at radius 3 is 2.22 bits per heavy atom. The van der Waals surface area contributed by atoms with Crippen LogP contribution < -0.4 is 0 Å². The summed E-state index contributed by atoms with van der Waals surface area (Å²) in [6.45, 7) is 12.8. The van der Waals surface area contributed by atoms with E-state index < -0.39 is 6.10 Å². The van der Waals surface area contributed by atoms with Crippen LogP contribution in [0.25, 0.3) is 0 Å². The largest absolute Gasteiger partial charge is 0.389 e. The molecule has 1 heterocycles. The molecule has 0 spiro atoms. The number of nitrogens with zero attached hydrogens (tertiary/aromatic N) is 1. The molecule has 1 N–H and O–H groups in total. The average Bonchev–Trinajstić information content (AvgIpc) is 2.45. The Kier molecular flexibility index (Phi) is 5.88. The van der Waals surface area contributed by atoms with Crippen molar-refractivity contribution in [1.82, 2.24) is 4.90 Å². The minimum absolute atomic E-state index is 0.139. The van der Waals surface area contributed by atoms with Crippen LogP contribution in [0.5, 0.6) is 0 Å². The third-order valence-corrected chi connectivity index (χ3v) is 5.13. The molecule has 0 amide bonds. The second-order valence-electron chi connectivity index (χ2n) is 8.24. The molecule has 1 aliphatic rings. The second kappa shape index (κ2) is 7.33. The zero-order chi connectivity index (χ0) is 17.1. The van der Waals surface area contributed by atoms with Gasteiger partial charge < -0.3 is 9.84 Å². The van der Waals surface area contributed by atoms with E-state index in [0.717, 1.165) is 5.56 Å². The highest BCUT2D eigenvalue weighted by Crippen LogP contribution is 2.38. The number of hydrogen-bond acceptors (Lipinski definition) is 3. The summed E-state index contributed by atoms with van der Waals surface area (Å²) in [7, 11) is 0. The third kappa shape index (κ3) is 5.03. The van der Waals surface area contributed by atoms with Crippen molar-refractivity contribution in [3.05, 3.63) is 35.4 Å². The number of aliphatic hydroxyl groups excluding tert-OH is 1. The number of β-amino-alcohol motifs (C(OH)–C–C–N with tert-alkyl or cyclic N) is 1. The molecule has 3 nitrogen and oxygen atoms in total. The van der Waals surface area contributed by atoms with Gasteiger partial charge in [-0.05, 0) is 59.4 Å². The Morgan fingerprint density at radius 1 is 1.09 bits per heavy atom. The minimum Gasteiger partial charge on any atom is -0.389 e. The standard InChI is InChI=1S/C20H33NO2/c1-16-7-9-17(10-8-16)14-23-15-18(22)13-21-19(2,3)11-6-12-20(21,4)5/h7-10,18,22H,6,11-15H2,1-5H3/t18-/m1/s1. The minimum atomic E-state index is -0.447. The summed E-state index contributed by atoms with van der Waals surface area (Å²) in [4.78, 5) is 2.46. The predicted molar refractivity (Wildman–Crippen MR) is 95.6 cm³/mol. The van der Waals surface area contributed by atoms with Crippen molar-refractivity contribution in [2.75, 3.05) is 13.2 Å². The molecule has 1 atom stereocenters. The molecule has 130 valence electrons. The number of benzene rings is 1. The number of hydrogen-bond donors (Lipinski definition) is 1. The van der Waals surface area contributed by atoms with Crippen molar-refractivity contribution in [3.63, 3.8) is 0 Å². The van der Waals surface area contributed by atoms with Gasteiger partial charge in [0, 0.05) is 17.6 Å². The molecule has 0 aliphatic carbocycles. The van der Waals surface area contributed by atoms with E-state index in [4.69, 9.17) is 4.74 Å². The van der Waals surface area contributed by atoms with E-state index in [1.165, 1.54) is 24.8 Å². The molecular weight excluding hydrogens is 286 g/mol. The summed E-state index contributed by atoms with van der Waals surface area (Å²) in [5.74, 6) is 0. The lowest BCUT2D eigenvalue weighted by atomic mass is 9.79. The van der Waals surface area contributed by atoms with Crippen LogP contribution >= 0.6 is 0 Å². The summed E-state index contributed by atoms with van der Waals surface area (Å²) < 4.78 is 5.72.